The molecule has 0 saturated heterocycles. The molecule has 0 unspecified atom stereocenters. The molecule has 0 amide bonds. The fourth-order valence-electron chi connectivity index (χ4n) is 2.63. The van der Waals surface area contributed by atoms with Crippen LogP contribution in [0.25, 0.3) is 0 Å². The first kappa shape index (κ1) is 19.2. The number of furan rings is 1. The van der Waals surface area contributed by atoms with Gasteiger partial charge in [0.2, 0.25) is 0 Å². The highest BCUT2D eigenvalue weighted by molar-refractivity contribution is 9.10. The molecular weight excluding hydrogens is 433 g/mol. The van der Waals surface area contributed by atoms with Crippen LogP contribution >= 0.6 is 28.1 Å². The summed E-state index contributed by atoms with van der Waals surface area (Å²) in [4.78, 5) is 0. The number of aromatic nitrogens is 2. The Labute approximate surface area is 162 Å². The number of hydrogen-bond acceptors (Lipinski definition) is 3. The van der Waals surface area contributed by atoms with Gasteiger partial charge < -0.3 is 15.1 Å². The van der Waals surface area contributed by atoms with Gasteiger partial charge in [0.25, 0.3) is 0 Å². The van der Waals surface area contributed by atoms with E-state index >= 15 is 0 Å². The third-order valence-electron chi connectivity index (χ3n) is 4.00. The second-order valence-electron chi connectivity index (χ2n) is 6.09. The van der Waals surface area contributed by atoms with Crippen LogP contribution in [0.1, 0.15) is 42.3 Å². The average molecular weight is 451 g/mol. The van der Waals surface area contributed by atoms with Crippen molar-refractivity contribution in [3.63, 3.8) is 0 Å². The standard InChI is InChI=1S/C16H18BrF3N4OS/c17-12-13(10-4-5-10)24(23-14(12)16(18,19)20)7-2-6-21-15(26)22-9-11-3-1-8-25-11/h1,3,8,10H,2,4-7,9H2,(H2,21,22,26). The van der Waals surface area contributed by atoms with Gasteiger partial charge in [-0.1, -0.05) is 0 Å². The SMILES string of the molecule is FC(F)(F)c1nn(CCCNC(=S)NCc2ccco2)c(C2CC2)c1Br. The zero-order chi connectivity index (χ0) is 18.7. The van der Waals surface area contributed by atoms with Crippen molar-refractivity contribution in [2.24, 2.45) is 0 Å². The molecule has 0 radical (unpaired) electrons. The third kappa shape index (κ3) is 4.79. The van der Waals surface area contributed by atoms with E-state index in [4.69, 9.17) is 16.6 Å². The minimum atomic E-state index is -4.46. The molecule has 2 aromatic heterocycles. The lowest BCUT2D eigenvalue weighted by molar-refractivity contribution is -0.142. The van der Waals surface area contributed by atoms with Crippen molar-refractivity contribution >= 4 is 33.3 Å². The van der Waals surface area contributed by atoms with E-state index in [2.05, 4.69) is 31.7 Å². The van der Waals surface area contributed by atoms with Crippen LogP contribution in [0.3, 0.4) is 0 Å². The maximum Gasteiger partial charge on any atom is 0.436 e. The zero-order valence-electron chi connectivity index (χ0n) is 13.8. The Balaban J connectivity index is 1.49. The van der Waals surface area contributed by atoms with Gasteiger partial charge in [0.05, 0.1) is 23.0 Å². The van der Waals surface area contributed by atoms with E-state index in [0.29, 0.717) is 36.9 Å². The number of halogens is 4. The van der Waals surface area contributed by atoms with Gasteiger partial charge in [-0.15, -0.1) is 0 Å². The summed E-state index contributed by atoms with van der Waals surface area (Å²) in [6.07, 6.45) is -0.458. The summed E-state index contributed by atoms with van der Waals surface area (Å²) in [6, 6.07) is 3.63. The molecule has 3 rings (SSSR count). The molecule has 1 saturated carbocycles. The Morgan fingerprint density at radius 1 is 1.38 bits per heavy atom. The van der Waals surface area contributed by atoms with Crippen LogP contribution in [-0.4, -0.2) is 21.4 Å². The summed E-state index contributed by atoms with van der Waals surface area (Å²) in [5, 5.41) is 10.3. The van der Waals surface area contributed by atoms with E-state index in [0.717, 1.165) is 18.6 Å². The molecule has 5 nitrogen and oxygen atoms in total. The molecule has 0 atom stereocenters. The minimum absolute atomic E-state index is 0.0797. The summed E-state index contributed by atoms with van der Waals surface area (Å²) in [5.41, 5.74) is -0.196. The third-order valence-corrected chi connectivity index (χ3v) is 5.07. The van der Waals surface area contributed by atoms with Crippen LogP contribution in [-0.2, 0) is 19.3 Å². The highest BCUT2D eigenvalue weighted by atomic mass is 79.9. The second kappa shape index (κ2) is 7.99. The topological polar surface area (TPSA) is 55.0 Å². The van der Waals surface area contributed by atoms with Gasteiger partial charge in [-0.25, -0.2) is 0 Å². The van der Waals surface area contributed by atoms with Crippen LogP contribution in [0.2, 0.25) is 0 Å². The van der Waals surface area contributed by atoms with Gasteiger partial charge in [0.15, 0.2) is 10.8 Å². The lowest BCUT2D eigenvalue weighted by Gasteiger charge is -2.10. The van der Waals surface area contributed by atoms with Crippen molar-refractivity contribution in [3.8, 4) is 0 Å². The Morgan fingerprint density at radius 2 is 2.15 bits per heavy atom. The Morgan fingerprint density at radius 3 is 2.77 bits per heavy atom. The zero-order valence-corrected chi connectivity index (χ0v) is 16.2. The van der Waals surface area contributed by atoms with Gasteiger partial charge in [-0.3, -0.25) is 4.68 Å². The van der Waals surface area contributed by atoms with Crippen molar-refractivity contribution in [1.29, 1.82) is 0 Å². The number of hydrogen-bond donors (Lipinski definition) is 2. The molecule has 2 heterocycles. The van der Waals surface area contributed by atoms with E-state index in [1.165, 1.54) is 4.68 Å². The fourth-order valence-corrected chi connectivity index (χ4v) is 3.63. The normalized spacial score (nSPS) is 14.5. The highest BCUT2D eigenvalue weighted by Gasteiger charge is 2.41. The second-order valence-corrected chi connectivity index (χ2v) is 7.29. The molecule has 2 aromatic rings. The lowest BCUT2D eigenvalue weighted by atomic mass is 10.2. The van der Waals surface area contributed by atoms with E-state index in [9.17, 15) is 13.2 Å². The van der Waals surface area contributed by atoms with Crippen LogP contribution in [0.4, 0.5) is 13.2 Å². The molecule has 1 fully saturated rings. The molecule has 0 bridgehead atoms. The summed E-state index contributed by atoms with van der Waals surface area (Å²) >= 11 is 8.26. The first-order valence-electron chi connectivity index (χ1n) is 8.23. The molecule has 10 heteroatoms. The van der Waals surface area contributed by atoms with E-state index < -0.39 is 11.9 Å². The molecule has 0 spiro atoms. The Hall–Kier alpha value is -1.55. The van der Waals surface area contributed by atoms with Crippen molar-refractivity contribution in [1.82, 2.24) is 20.4 Å². The van der Waals surface area contributed by atoms with E-state index in [1.807, 2.05) is 6.07 Å². The summed E-state index contributed by atoms with van der Waals surface area (Å²) in [6.45, 7) is 1.41. The van der Waals surface area contributed by atoms with Crippen molar-refractivity contribution in [2.75, 3.05) is 6.54 Å². The predicted molar refractivity (Wildman–Crippen MR) is 97.7 cm³/mol. The first-order valence-corrected chi connectivity index (χ1v) is 9.44. The van der Waals surface area contributed by atoms with Crippen LogP contribution in [0.15, 0.2) is 27.3 Å². The molecule has 0 aromatic carbocycles. The number of rotatable bonds is 7. The van der Waals surface area contributed by atoms with Gasteiger partial charge in [-0.2, -0.15) is 18.3 Å². The van der Waals surface area contributed by atoms with Crippen molar-refractivity contribution < 1.29 is 17.6 Å². The molecule has 0 aliphatic heterocycles. The fraction of sp³-hybridized carbons (Fsp3) is 0.500. The summed E-state index contributed by atoms with van der Waals surface area (Å²) in [5.74, 6) is 0.932. The first-order chi connectivity index (χ1) is 12.4. The van der Waals surface area contributed by atoms with Crippen molar-refractivity contribution in [3.05, 3.63) is 40.0 Å². The largest absolute Gasteiger partial charge is 0.467 e. The van der Waals surface area contributed by atoms with Gasteiger partial charge in [-0.05, 0) is 59.5 Å². The Bertz CT molecular complexity index is 756. The smallest absolute Gasteiger partial charge is 0.436 e. The van der Waals surface area contributed by atoms with Gasteiger partial charge in [0.1, 0.15) is 5.76 Å². The lowest BCUT2D eigenvalue weighted by Crippen LogP contribution is -2.35. The molecule has 1 aliphatic rings. The Kier molecular flexibility index (Phi) is 5.91. The number of thiocarbonyl (C=S) groups is 1. The monoisotopic (exact) mass is 450 g/mol. The van der Waals surface area contributed by atoms with Crippen LogP contribution in [0, 0.1) is 0 Å². The molecule has 26 heavy (non-hydrogen) atoms. The van der Waals surface area contributed by atoms with Crippen LogP contribution < -0.4 is 10.6 Å². The summed E-state index contributed by atoms with van der Waals surface area (Å²) < 4.78 is 46.0. The number of aryl methyl sites for hydroxylation is 1. The number of nitrogens with one attached hydrogen (secondary N) is 2. The number of alkyl halides is 3. The highest BCUT2D eigenvalue weighted by Crippen LogP contribution is 2.46. The predicted octanol–water partition coefficient (Wildman–Crippen LogP) is 4.19. The van der Waals surface area contributed by atoms with E-state index in [1.54, 1.807) is 12.3 Å². The summed E-state index contributed by atoms with van der Waals surface area (Å²) in [7, 11) is 0. The maximum absolute atomic E-state index is 13.1. The maximum atomic E-state index is 13.1. The molecule has 2 N–H and O–H groups in total. The average Bonchev–Trinajstić information content (AvgIpc) is 3.14. The molecule has 1 aliphatic carbocycles. The molecular formula is C16H18BrF3N4OS. The van der Waals surface area contributed by atoms with Gasteiger partial charge >= 0.3 is 6.18 Å². The van der Waals surface area contributed by atoms with Gasteiger partial charge in [0, 0.05) is 19.0 Å². The van der Waals surface area contributed by atoms with E-state index in [-0.39, 0.29) is 10.4 Å². The minimum Gasteiger partial charge on any atom is -0.467 e. The van der Waals surface area contributed by atoms with Crippen molar-refractivity contribution in [2.45, 2.75) is 44.4 Å². The quantitative estimate of drug-likeness (QED) is 0.489. The number of nitrogens with zero attached hydrogens (tertiary/aromatic N) is 2. The van der Waals surface area contributed by atoms with Crippen LogP contribution in [0.5, 0.6) is 0 Å². The molecule has 142 valence electrons.